The van der Waals surface area contributed by atoms with Crippen LogP contribution in [-0.4, -0.2) is 4.57 Å². The van der Waals surface area contributed by atoms with E-state index in [-0.39, 0.29) is 0 Å². The van der Waals surface area contributed by atoms with Gasteiger partial charge < -0.3 is 9.88 Å². The lowest BCUT2D eigenvalue weighted by molar-refractivity contribution is 1.01. The van der Waals surface area contributed by atoms with Gasteiger partial charge in [0.1, 0.15) is 0 Å². The summed E-state index contributed by atoms with van der Waals surface area (Å²) in [5, 5.41) is 6.11. The standard InChI is InChI=1S/C31H24N2/c1-33-30-10-6-5-9-28(30)29-21-25(15-20-31(29)33)24-13-18-27(19-14-24)32-26-16-11-23(12-17-26)22-7-3-2-4-8-22/h2-21,32H,1H3. The van der Waals surface area contributed by atoms with E-state index in [1.807, 2.05) is 6.07 Å². The molecule has 1 aromatic heterocycles. The Labute approximate surface area is 193 Å². The summed E-state index contributed by atoms with van der Waals surface area (Å²) < 4.78 is 2.27. The molecule has 0 unspecified atom stereocenters. The zero-order valence-corrected chi connectivity index (χ0v) is 18.5. The largest absolute Gasteiger partial charge is 0.356 e. The predicted molar refractivity (Wildman–Crippen MR) is 141 cm³/mol. The molecule has 6 rings (SSSR count). The van der Waals surface area contributed by atoms with Crippen LogP contribution in [0, 0.1) is 0 Å². The molecule has 158 valence electrons. The quantitative estimate of drug-likeness (QED) is 0.300. The zero-order valence-electron chi connectivity index (χ0n) is 18.5. The monoisotopic (exact) mass is 424 g/mol. The molecule has 5 aromatic carbocycles. The number of anilines is 2. The van der Waals surface area contributed by atoms with Gasteiger partial charge in [-0.25, -0.2) is 0 Å². The fourth-order valence-corrected chi connectivity index (χ4v) is 4.64. The summed E-state index contributed by atoms with van der Waals surface area (Å²) in [6.45, 7) is 0. The van der Waals surface area contributed by atoms with Crippen LogP contribution < -0.4 is 5.32 Å². The Balaban J connectivity index is 1.25. The Hall–Kier alpha value is -4.30. The van der Waals surface area contributed by atoms with Gasteiger partial charge in [-0.2, -0.15) is 0 Å². The second-order valence-electron chi connectivity index (χ2n) is 8.45. The van der Waals surface area contributed by atoms with E-state index in [0.29, 0.717) is 0 Å². The number of benzene rings is 5. The molecule has 0 atom stereocenters. The van der Waals surface area contributed by atoms with Crippen LogP contribution in [0.4, 0.5) is 11.4 Å². The van der Waals surface area contributed by atoms with Crippen LogP contribution >= 0.6 is 0 Å². The highest BCUT2D eigenvalue weighted by Gasteiger charge is 2.09. The zero-order chi connectivity index (χ0) is 22.2. The minimum Gasteiger partial charge on any atom is -0.356 e. The van der Waals surface area contributed by atoms with E-state index in [9.17, 15) is 0 Å². The number of nitrogens with zero attached hydrogens (tertiary/aromatic N) is 1. The van der Waals surface area contributed by atoms with E-state index in [0.717, 1.165) is 11.4 Å². The first-order chi connectivity index (χ1) is 16.3. The first-order valence-corrected chi connectivity index (χ1v) is 11.3. The van der Waals surface area contributed by atoms with E-state index in [2.05, 4.69) is 132 Å². The van der Waals surface area contributed by atoms with E-state index in [1.165, 1.54) is 44.1 Å². The van der Waals surface area contributed by atoms with Gasteiger partial charge in [-0.1, -0.05) is 78.9 Å². The summed E-state index contributed by atoms with van der Waals surface area (Å²) >= 11 is 0. The Bertz CT molecular complexity index is 1560. The lowest BCUT2D eigenvalue weighted by Crippen LogP contribution is -1.90. The average Bonchev–Trinajstić information content (AvgIpc) is 3.17. The molecule has 0 fully saturated rings. The molecular weight excluding hydrogens is 400 g/mol. The number of aryl methyl sites for hydroxylation is 1. The van der Waals surface area contributed by atoms with Gasteiger partial charge in [0.2, 0.25) is 0 Å². The molecular formula is C31H24N2. The van der Waals surface area contributed by atoms with E-state index >= 15 is 0 Å². The molecule has 0 aliphatic heterocycles. The molecule has 0 saturated heterocycles. The van der Waals surface area contributed by atoms with Crippen LogP contribution in [-0.2, 0) is 7.05 Å². The van der Waals surface area contributed by atoms with Crippen LogP contribution in [0.2, 0.25) is 0 Å². The molecule has 0 aliphatic rings. The fourth-order valence-electron chi connectivity index (χ4n) is 4.64. The smallest absolute Gasteiger partial charge is 0.0489 e. The lowest BCUT2D eigenvalue weighted by atomic mass is 10.0. The van der Waals surface area contributed by atoms with Crippen molar-refractivity contribution in [3.05, 3.63) is 121 Å². The number of hydrogen-bond donors (Lipinski definition) is 1. The third kappa shape index (κ3) is 3.56. The average molecular weight is 425 g/mol. The minimum absolute atomic E-state index is 1.08. The predicted octanol–water partition coefficient (Wildman–Crippen LogP) is 8.41. The van der Waals surface area contributed by atoms with Crippen molar-refractivity contribution in [1.82, 2.24) is 4.57 Å². The summed E-state index contributed by atoms with van der Waals surface area (Å²) in [6.07, 6.45) is 0. The molecule has 33 heavy (non-hydrogen) atoms. The Kier molecular flexibility index (Phi) is 4.70. The minimum atomic E-state index is 1.08. The highest BCUT2D eigenvalue weighted by Crippen LogP contribution is 2.32. The highest BCUT2D eigenvalue weighted by atomic mass is 14.9. The molecule has 0 bridgehead atoms. The van der Waals surface area contributed by atoms with Gasteiger partial charge >= 0.3 is 0 Å². The number of rotatable bonds is 4. The van der Waals surface area contributed by atoms with Gasteiger partial charge in [0.25, 0.3) is 0 Å². The summed E-state index contributed by atoms with van der Waals surface area (Å²) in [6, 6.07) is 43.1. The first-order valence-electron chi connectivity index (χ1n) is 11.3. The van der Waals surface area contributed by atoms with Gasteiger partial charge in [-0.05, 0) is 64.7 Å². The lowest BCUT2D eigenvalue weighted by Gasteiger charge is -2.09. The molecule has 0 radical (unpaired) electrons. The number of fused-ring (bicyclic) bond motifs is 3. The third-order valence-electron chi connectivity index (χ3n) is 6.41. The third-order valence-corrected chi connectivity index (χ3v) is 6.41. The van der Waals surface area contributed by atoms with Crippen molar-refractivity contribution in [3.63, 3.8) is 0 Å². The SMILES string of the molecule is Cn1c2ccccc2c2cc(-c3ccc(Nc4ccc(-c5ccccc5)cc4)cc3)ccc21. The first kappa shape index (κ1) is 19.4. The number of hydrogen-bond acceptors (Lipinski definition) is 1. The maximum Gasteiger partial charge on any atom is 0.0489 e. The number of nitrogens with one attached hydrogen (secondary N) is 1. The molecule has 1 heterocycles. The second kappa shape index (κ2) is 7.99. The summed E-state index contributed by atoms with van der Waals surface area (Å²) in [4.78, 5) is 0. The molecule has 0 amide bonds. The summed E-state index contributed by atoms with van der Waals surface area (Å²) in [5.41, 5.74) is 9.60. The summed E-state index contributed by atoms with van der Waals surface area (Å²) in [5.74, 6) is 0. The van der Waals surface area contributed by atoms with Crippen molar-refractivity contribution in [2.24, 2.45) is 7.05 Å². The molecule has 0 saturated carbocycles. The van der Waals surface area contributed by atoms with Crippen LogP contribution in [0.25, 0.3) is 44.1 Å². The molecule has 0 spiro atoms. The normalized spacial score (nSPS) is 11.2. The highest BCUT2D eigenvalue weighted by molar-refractivity contribution is 6.09. The van der Waals surface area contributed by atoms with Crippen molar-refractivity contribution >= 4 is 33.2 Å². The van der Waals surface area contributed by atoms with Gasteiger partial charge in [0.05, 0.1) is 0 Å². The number of aromatic nitrogens is 1. The molecule has 6 aromatic rings. The Morgan fingerprint density at radius 1 is 0.455 bits per heavy atom. The molecule has 1 N–H and O–H groups in total. The molecule has 2 heteroatoms. The molecule has 0 aliphatic carbocycles. The maximum atomic E-state index is 3.52. The number of para-hydroxylation sites is 1. The Morgan fingerprint density at radius 3 is 1.67 bits per heavy atom. The maximum absolute atomic E-state index is 3.52. The van der Waals surface area contributed by atoms with Gasteiger partial charge in [-0.15, -0.1) is 0 Å². The fraction of sp³-hybridized carbons (Fsp3) is 0.0323. The van der Waals surface area contributed by atoms with Crippen molar-refractivity contribution in [2.45, 2.75) is 0 Å². The van der Waals surface area contributed by atoms with Gasteiger partial charge in [0, 0.05) is 40.2 Å². The topological polar surface area (TPSA) is 17.0 Å². The Morgan fingerprint density at radius 2 is 0.970 bits per heavy atom. The van der Waals surface area contributed by atoms with Crippen LogP contribution in [0.15, 0.2) is 121 Å². The van der Waals surface area contributed by atoms with Gasteiger partial charge in [-0.3, -0.25) is 0 Å². The summed E-state index contributed by atoms with van der Waals surface area (Å²) in [7, 11) is 2.14. The van der Waals surface area contributed by atoms with Crippen LogP contribution in [0.1, 0.15) is 0 Å². The van der Waals surface area contributed by atoms with Crippen molar-refractivity contribution < 1.29 is 0 Å². The second-order valence-corrected chi connectivity index (χ2v) is 8.45. The van der Waals surface area contributed by atoms with E-state index < -0.39 is 0 Å². The van der Waals surface area contributed by atoms with Crippen molar-refractivity contribution in [3.8, 4) is 22.3 Å². The van der Waals surface area contributed by atoms with Crippen LogP contribution in [0.3, 0.4) is 0 Å². The molecule has 2 nitrogen and oxygen atoms in total. The van der Waals surface area contributed by atoms with E-state index in [4.69, 9.17) is 0 Å². The van der Waals surface area contributed by atoms with E-state index in [1.54, 1.807) is 0 Å². The van der Waals surface area contributed by atoms with Gasteiger partial charge in [0.15, 0.2) is 0 Å². The van der Waals surface area contributed by atoms with Crippen molar-refractivity contribution in [1.29, 1.82) is 0 Å². The van der Waals surface area contributed by atoms with Crippen LogP contribution in [0.5, 0.6) is 0 Å². The van der Waals surface area contributed by atoms with Crippen molar-refractivity contribution in [2.75, 3.05) is 5.32 Å².